The number of piperazine rings is 1. The van der Waals surface area contributed by atoms with Gasteiger partial charge >= 0.3 is 0 Å². The third-order valence-corrected chi connectivity index (χ3v) is 13.3. The second-order valence-corrected chi connectivity index (χ2v) is 14.2. The summed E-state index contributed by atoms with van der Waals surface area (Å²) in [5, 5.41) is 0. The van der Waals surface area contributed by atoms with Gasteiger partial charge in [-0.2, -0.15) is 0 Å². The first-order valence-corrected chi connectivity index (χ1v) is 14.9. The Morgan fingerprint density at radius 1 is 0.833 bits per heavy atom. The summed E-state index contributed by atoms with van der Waals surface area (Å²) < 4.78 is 29.8. The third-order valence-electron chi connectivity index (χ3n) is 7.82. The van der Waals surface area contributed by atoms with Crippen LogP contribution in [-0.2, 0) is 25.0 Å². The van der Waals surface area contributed by atoms with Crippen LogP contribution in [0.25, 0.3) is 0 Å². The lowest BCUT2D eigenvalue weighted by Crippen LogP contribution is -2.76. The Kier molecular flexibility index (Phi) is 14.8. The number of likely N-dealkylation sites (N-methyl/N-ethyl adjacent to an activating group) is 1. The Labute approximate surface area is 266 Å². The number of benzene rings is 2. The van der Waals surface area contributed by atoms with Gasteiger partial charge in [-0.1, -0.05) is 131 Å². The maximum absolute atomic E-state index is 14.2. The zero-order valence-corrected chi connectivity index (χ0v) is 21.5. The van der Waals surface area contributed by atoms with Crippen molar-refractivity contribution in [3.05, 3.63) is 60.2 Å². The number of amides is 2. The minimum absolute atomic E-state index is 0. The molecule has 4 atom stereocenters. The minimum Gasteiger partial charge on any atom is -0.319 e. The van der Waals surface area contributed by atoms with Gasteiger partial charge in [0.1, 0.15) is 6.17 Å². The fourth-order valence-corrected chi connectivity index (χ4v) is 11.5. The molecule has 242 valence electrons. The number of nitrogens with zero attached hydrogens (tertiary/aromatic N) is 3. The van der Waals surface area contributed by atoms with E-state index < -0.39 is 31.3 Å². The van der Waals surface area contributed by atoms with Crippen molar-refractivity contribution >= 4 is 49.1 Å². The molecule has 2 bridgehead atoms. The number of rotatable bonds is 4. The van der Waals surface area contributed by atoms with E-state index in [1.165, 1.54) is 25.9 Å². The first-order chi connectivity index (χ1) is 16.1. The van der Waals surface area contributed by atoms with Crippen molar-refractivity contribution in [3.8, 4) is 0 Å². The third kappa shape index (κ3) is 4.95. The standard InChI is InChI=1S/C24H25N3O4S3.8CH4/c1-4-14-23-15-24-21(29)25(3)22(2,32-33-24)20(28)26(24)19(23)27(18-13-9-8-12-17(18)23)34(30,31)16-10-6-5-7-11-16;;;;;;;;/h5-13,19H,4,14-15H2,1-3H3;8*1H4/t19-,22-,23+,24-;;;;;;;;/m0......../s1. The highest BCUT2D eigenvalue weighted by Gasteiger charge is 2.78. The minimum atomic E-state index is -4.01. The van der Waals surface area contributed by atoms with Crippen molar-refractivity contribution in [1.29, 1.82) is 0 Å². The van der Waals surface area contributed by atoms with Crippen molar-refractivity contribution in [1.82, 2.24) is 9.80 Å². The number of fused-ring (bicyclic) bond motifs is 5. The van der Waals surface area contributed by atoms with Crippen molar-refractivity contribution in [2.45, 2.75) is 119 Å². The van der Waals surface area contributed by atoms with E-state index in [4.69, 9.17) is 0 Å². The van der Waals surface area contributed by atoms with Gasteiger partial charge in [0.05, 0.1) is 10.6 Å². The Balaban J connectivity index is -0.00000190. The SMILES string of the molecule is C.C.C.C.C.C.C.C.CCC[C@]12C[C@@]34SS[C@@](C)(C(=O)N3[C@H]1N(S(=O)(=O)c1ccccc1)c1ccccc12)N(C)C4=O. The number of anilines is 1. The number of para-hydroxylation sites is 1. The van der Waals surface area contributed by atoms with Crippen molar-refractivity contribution in [3.63, 3.8) is 0 Å². The van der Waals surface area contributed by atoms with Crippen LogP contribution < -0.4 is 4.31 Å². The van der Waals surface area contributed by atoms with Gasteiger partial charge in [0.15, 0.2) is 9.74 Å². The molecule has 5 heterocycles. The quantitative estimate of drug-likeness (QED) is 0.310. The van der Waals surface area contributed by atoms with Gasteiger partial charge < -0.3 is 4.90 Å². The zero-order valence-electron chi connectivity index (χ0n) is 19.1. The molecule has 0 aliphatic carbocycles. The van der Waals surface area contributed by atoms with Crippen LogP contribution >= 0.6 is 21.6 Å². The monoisotopic (exact) mass is 643 g/mol. The van der Waals surface area contributed by atoms with Crippen LogP contribution in [0, 0.1) is 0 Å². The summed E-state index contributed by atoms with van der Waals surface area (Å²) in [4.78, 5) is 29.0. The number of carbonyl (C=O) groups excluding carboxylic acids is 2. The topological polar surface area (TPSA) is 78.0 Å². The largest absolute Gasteiger partial charge is 0.319 e. The van der Waals surface area contributed by atoms with Crippen LogP contribution in [0.15, 0.2) is 59.5 Å². The Morgan fingerprint density at radius 3 is 1.95 bits per heavy atom. The predicted octanol–water partition coefficient (Wildman–Crippen LogP) is 8.86. The molecule has 4 saturated heterocycles. The number of hydrogen-bond acceptors (Lipinski definition) is 6. The van der Waals surface area contributed by atoms with E-state index in [2.05, 4.69) is 6.92 Å². The first-order valence-electron chi connectivity index (χ1n) is 11.3. The second-order valence-electron chi connectivity index (χ2n) is 9.56. The first kappa shape index (κ1) is 44.3. The molecule has 0 saturated carbocycles. The highest BCUT2D eigenvalue weighted by molar-refractivity contribution is 8.78. The van der Waals surface area contributed by atoms with Gasteiger partial charge in [-0.15, -0.1) is 0 Å². The fourth-order valence-electron chi connectivity index (χ4n) is 6.22. The summed E-state index contributed by atoms with van der Waals surface area (Å²) >= 11 is 0. The van der Waals surface area contributed by atoms with E-state index in [9.17, 15) is 18.0 Å². The van der Waals surface area contributed by atoms with Gasteiger partial charge in [-0.25, -0.2) is 12.7 Å². The number of sulfonamides is 1. The summed E-state index contributed by atoms with van der Waals surface area (Å²) in [6.07, 6.45) is 1.05. The molecule has 7 nitrogen and oxygen atoms in total. The van der Waals surface area contributed by atoms with Crippen molar-refractivity contribution < 1.29 is 18.0 Å². The second kappa shape index (κ2) is 14.1. The van der Waals surface area contributed by atoms with Crippen molar-refractivity contribution in [2.75, 3.05) is 11.4 Å². The molecule has 5 aliphatic rings. The average Bonchev–Trinajstić information content (AvgIpc) is 3.27. The average molecular weight is 644 g/mol. The molecule has 2 aromatic rings. The molecule has 0 N–H and O–H groups in total. The lowest BCUT2D eigenvalue weighted by molar-refractivity contribution is -0.163. The predicted molar refractivity (Wildman–Crippen MR) is 187 cm³/mol. The van der Waals surface area contributed by atoms with E-state index in [0.29, 0.717) is 18.5 Å². The molecule has 7 rings (SSSR count). The number of carbonyl (C=O) groups is 2. The number of hydrogen-bond donors (Lipinski definition) is 0. The fraction of sp³-hybridized carbons (Fsp3) is 0.562. The maximum atomic E-state index is 14.2. The molecule has 2 amide bonds. The summed E-state index contributed by atoms with van der Waals surface area (Å²) in [7, 11) is 0.496. The highest BCUT2D eigenvalue weighted by Crippen LogP contribution is 2.70. The van der Waals surface area contributed by atoms with Crippen LogP contribution in [0.1, 0.15) is 98.1 Å². The molecule has 10 heteroatoms. The summed E-state index contributed by atoms with van der Waals surface area (Å²) in [6.45, 7) is 3.82. The molecule has 0 unspecified atom stereocenters. The molecular formula is C32H57N3O4S3. The van der Waals surface area contributed by atoms with Crippen LogP contribution in [0.4, 0.5) is 5.69 Å². The molecule has 0 radical (unpaired) electrons. The van der Waals surface area contributed by atoms with Gasteiger partial charge in [0, 0.05) is 18.9 Å². The normalized spacial score (nSPS) is 27.4. The molecule has 0 aromatic heterocycles. The Morgan fingerprint density at radius 2 is 1.38 bits per heavy atom. The summed E-state index contributed by atoms with van der Waals surface area (Å²) in [6, 6.07) is 15.9. The van der Waals surface area contributed by atoms with E-state index in [1.807, 2.05) is 24.3 Å². The van der Waals surface area contributed by atoms with E-state index in [1.54, 1.807) is 54.1 Å². The van der Waals surface area contributed by atoms with Gasteiger partial charge in [0.2, 0.25) is 0 Å². The lowest BCUT2D eigenvalue weighted by Gasteiger charge is -2.58. The summed E-state index contributed by atoms with van der Waals surface area (Å²) in [5.41, 5.74) is 0.813. The van der Waals surface area contributed by atoms with E-state index >= 15 is 0 Å². The molecule has 4 fully saturated rings. The van der Waals surface area contributed by atoms with Gasteiger partial charge in [-0.3, -0.25) is 14.5 Å². The molecule has 42 heavy (non-hydrogen) atoms. The van der Waals surface area contributed by atoms with Gasteiger partial charge in [0.25, 0.3) is 21.8 Å². The zero-order chi connectivity index (χ0) is 24.1. The van der Waals surface area contributed by atoms with Crippen LogP contribution in [0.2, 0.25) is 0 Å². The van der Waals surface area contributed by atoms with Gasteiger partial charge in [-0.05, 0) is 37.1 Å². The Hall–Kier alpha value is -2.17. The maximum Gasteiger partial charge on any atom is 0.266 e. The molecular weight excluding hydrogens is 587 g/mol. The van der Waals surface area contributed by atoms with E-state index in [0.717, 1.165) is 12.0 Å². The van der Waals surface area contributed by atoms with Crippen LogP contribution in [-0.4, -0.2) is 53.0 Å². The van der Waals surface area contributed by atoms with Crippen molar-refractivity contribution in [2.24, 2.45) is 0 Å². The van der Waals surface area contributed by atoms with E-state index in [-0.39, 0.29) is 76.1 Å². The molecule has 5 aliphatic heterocycles. The summed E-state index contributed by atoms with van der Waals surface area (Å²) in [5.74, 6) is -0.333. The van der Waals surface area contributed by atoms with Crippen LogP contribution in [0.5, 0.6) is 0 Å². The lowest BCUT2D eigenvalue weighted by atomic mass is 9.74. The Bertz CT molecular complexity index is 1340. The highest BCUT2D eigenvalue weighted by atomic mass is 33.1. The molecule has 1 spiro atoms. The molecule has 2 aromatic carbocycles. The van der Waals surface area contributed by atoms with Crippen LogP contribution in [0.3, 0.4) is 0 Å². The smallest absolute Gasteiger partial charge is 0.266 e.